The quantitative estimate of drug-likeness (QED) is 0.748. The van der Waals surface area contributed by atoms with E-state index in [0.29, 0.717) is 18.2 Å². The summed E-state index contributed by atoms with van der Waals surface area (Å²) in [6.07, 6.45) is 0.822. The zero-order chi connectivity index (χ0) is 14.8. The van der Waals surface area contributed by atoms with Crippen LogP contribution in [0, 0.1) is 0 Å². The van der Waals surface area contributed by atoms with Crippen LogP contribution in [-0.2, 0) is 17.7 Å². The molecule has 7 heteroatoms. The number of esters is 1. The van der Waals surface area contributed by atoms with E-state index in [9.17, 15) is 4.79 Å². The van der Waals surface area contributed by atoms with Gasteiger partial charge in [0.1, 0.15) is 0 Å². The minimum Gasteiger partial charge on any atom is -0.464 e. The number of anilines is 1. The predicted molar refractivity (Wildman–Crippen MR) is 78.5 cm³/mol. The third kappa shape index (κ3) is 2.84. The van der Waals surface area contributed by atoms with Crippen molar-refractivity contribution in [2.45, 2.75) is 13.0 Å². The Morgan fingerprint density at radius 1 is 1.24 bits per heavy atom. The van der Waals surface area contributed by atoms with Crippen molar-refractivity contribution < 1.29 is 9.53 Å². The molecule has 1 aromatic heterocycles. The van der Waals surface area contributed by atoms with Crippen molar-refractivity contribution in [3.63, 3.8) is 0 Å². The van der Waals surface area contributed by atoms with Crippen molar-refractivity contribution in [3.8, 4) is 0 Å². The fourth-order valence-electron chi connectivity index (χ4n) is 2.74. The van der Waals surface area contributed by atoms with Crippen LogP contribution >= 0.6 is 0 Å². The number of likely N-dealkylation sites (N-methyl/N-ethyl adjacent to an activating group) is 1. The summed E-state index contributed by atoms with van der Waals surface area (Å²) < 4.78 is 4.88. The highest BCUT2D eigenvalue weighted by atomic mass is 16.5. The maximum absolute atomic E-state index is 12.0. The van der Waals surface area contributed by atoms with E-state index in [4.69, 9.17) is 4.74 Å². The molecule has 0 aromatic carbocycles. The van der Waals surface area contributed by atoms with Crippen molar-refractivity contribution in [1.82, 2.24) is 20.2 Å². The van der Waals surface area contributed by atoms with Crippen LogP contribution in [0.15, 0.2) is 0 Å². The van der Waals surface area contributed by atoms with E-state index >= 15 is 0 Å². The Balaban J connectivity index is 1.96. The van der Waals surface area contributed by atoms with Gasteiger partial charge in [-0.2, -0.15) is 0 Å². The molecule has 1 N–H and O–H groups in total. The summed E-state index contributed by atoms with van der Waals surface area (Å²) in [5.74, 6) is 0.275. The van der Waals surface area contributed by atoms with Crippen LogP contribution in [0.3, 0.4) is 0 Å². The first kappa shape index (κ1) is 14.2. The lowest BCUT2D eigenvalue weighted by Gasteiger charge is -2.33. The topological polar surface area (TPSA) is 70.6 Å². The number of fused-ring (bicyclic) bond motifs is 1. The maximum Gasteiger partial charge on any atom is 0.357 e. The van der Waals surface area contributed by atoms with Crippen LogP contribution in [0.2, 0.25) is 0 Å². The fourth-order valence-corrected chi connectivity index (χ4v) is 2.74. The van der Waals surface area contributed by atoms with Crippen molar-refractivity contribution in [2.24, 2.45) is 0 Å². The molecule has 0 unspecified atom stereocenters. The maximum atomic E-state index is 12.0. The summed E-state index contributed by atoms with van der Waals surface area (Å²) in [4.78, 5) is 25.6. The van der Waals surface area contributed by atoms with Gasteiger partial charge in [-0.3, -0.25) is 0 Å². The van der Waals surface area contributed by atoms with Gasteiger partial charge in [0.05, 0.1) is 12.8 Å². The van der Waals surface area contributed by atoms with Gasteiger partial charge in [-0.25, -0.2) is 14.8 Å². The van der Waals surface area contributed by atoms with Crippen molar-refractivity contribution in [1.29, 1.82) is 0 Å². The Hall–Kier alpha value is -1.73. The minimum atomic E-state index is -0.382. The molecular formula is C14H21N5O2. The number of methoxy groups -OCH3 is 1. The average molecular weight is 291 g/mol. The molecule has 3 rings (SSSR count). The van der Waals surface area contributed by atoms with Crippen molar-refractivity contribution in [3.05, 3.63) is 17.0 Å². The van der Waals surface area contributed by atoms with Gasteiger partial charge in [0.25, 0.3) is 0 Å². The van der Waals surface area contributed by atoms with E-state index in [1.165, 1.54) is 7.11 Å². The van der Waals surface area contributed by atoms with Crippen molar-refractivity contribution >= 4 is 11.9 Å². The number of aromatic nitrogens is 2. The summed E-state index contributed by atoms with van der Waals surface area (Å²) in [6.45, 7) is 5.24. The molecule has 0 bridgehead atoms. The Morgan fingerprint density at radius 3 is 2.71 bits per heavy atom. The average Bonchev–Trinajstić information content (AvgIpc) is 2.53. The molecular weight excluding hydrogens is 270 g/mol. The van der Waals surface area contributed by atoms with E-state index in [1.807, 2.05) is 0 Å². The lowest BCUT2D eigenvalue weighted by molar-refractivity contribution is 0.0592. The van der Waals surface area contributed by atoms with Crippen LogP contribution in [0.5, 0.6) is 0 Å². The Kier molecular flexibility index (Phi) is 4.03. The van der Waals surface area contributed by atoms with Crippen LogP contribution in [0.4, 0.5) is 5.95 Å². The summed E-state index contributed by atoms with van der Waals surface area (Å²) >= 11 is 0. The molecule has 0 radical (unpaired) electrons. The normalized spacial score (nSPS) is 19.2. The zero-order valence-corrected chi connectivity index (χ0v) is 12.6. The summed E-state index contributed by atoms with van der Waals surface area (Å²) in [5.41, 5.74) is 2.26. The third-order valence-electron chi connectivity index (χ3n) is 4.09. The smallest absolute Gasteiger partial charge is 0.357 e. The second-order valence-electron chi connectivity index (χ2n) is 5.51. The second-order valence-corrected chi connectivity index (χ2v) is 5.51. The summed E-state index contributed by atoms with van der Waals surface area (Å²) in [5, 5.41) is 3.26. The third-order valence-corrected chi connectivity index (χ3v) is 4.09. The molecule has 2 aliphatic heterocycles. The molecule has 0 aliphatic carbocycles. The van der Waals surface area contributed by atoms with Gasteiger partial charge < -0.3 is 19.9 Å². The van der Waals surface area contributed by atoms with Gasteiger partial charge >= 0.3 is 5.97 Å². The Labute approximate surface area is 124 Å². The highest BCUT2D eigenvalue weighted by molar-refractivity contribution is 5.89. The number of nitrogens with zero attached hydrogens (tertiary/aromatic N) is 4. The Morgan fingerprint density at radius 2 is 2.00 bits per heavy atom. The largest absolute Gasteiger partial charge is 0.464 e. The molecule has 1 aromatic rings. The minimum absolute atomic E-state index is 0.382. The standard InChI is InChI=1S/C14H21N5O2/c1-18-5-7-19(8-6-18)14-16-11-3-4-15-9-10(11)12(17-14)13(20)21-2/h15H,3-9H2,1-2H3. The van der Waals surface area contributed by atoms with Crippen LogP contribution in [-0.4, -0.2) is 67.7 Å². The fraction of sp³-hybridized carbons (Fsp3) is 0.643. The van der Waals surface area contributed by atoms with Crippen molar-refractivity contribution in [2.75, 3.05) is 51.8 Å². The highest BCUT2D eigenvalue weighted by Crippen LogP contribution is 2.21. The first-order chi connectivity index (χ1) is 10.2. The van der Waals surface area contributed by atoms with Gasteiger partial charge in [-0.05, 0) is 7.05 Å². The molecule has 21 heavy (non-hydrogen) atoms. The molecule has 3 heterocycles. The SMILES string of the molecule is COC(=O)c1nc(N2CCN(C)CC2)nc2c1CNCC2. The number of hydrogen-bond donors (Lipinski definition) is 1. The Bertz CT molecular complexity index is 540. The van der Waals surface area contributed by atoms with Gasteiger partial charge in [0, 0.05) is 51.3 Å². The lowest BCUT2D eigenvalue weighted by Crippen LogP contribution is -2.45. The van der Waals surface area contributed by atoms with E-state index in [-0.39, 0.29) is 5.97 Å². The highest BCUT2D eigenvalue weighted by Gasteiger charge is 2.25. The molecule has 0 saturated carbocycles. The first-order valence-electron chi connectivity index (χ1n) is 7.31. The molecule has 1 fully saturated rings. The number of carbonyl (C=O) groups excluding carboxylic acids is 1. The second kappa shape index (κ2) is 5.95. The van der Waals surface area contributed by atoms with E-state index < -0.39 is 0 Å². The predicted octanol–water partition coefficient (Wildman–Crippen LogP) is -0.339. The molecule has 114 valence electrons. The monoisotopic (exact) mass is 291 g/mol. The lowest BCUT2D eigenvalue weighted by atomic mass is 10.1. The van der Waals surface area contributed by atoms with Crippen LogP contribution < -0.4 is 10.2 Å². The summed E-state index contributed by atoms with van der Waals surface area (Å²) in [6, 6.07) is 0. The van der Waals surface area contributed by atoms with E-state index in [1.54, 1.807) is 0 Å². The molecule has 0 amide bonds. The number of piperazine rings is 1. The molecule has 0 spiro atoms. The summed E-state index contributed by atoms with van der Waals surface area (Å²) in [7, 11) is 3.50. The van der Waals surface area contributed by atoms with Gasteiger partial charge in [0.2, 0.25) is 5.95 Å². The number of ether oxygens (including phenoxy) is 1. The zero-order valence-electron chi connectivity index (χ0n) is 12.6. The van der Waals surface area contributed by atoms with E-state index in [0.717, 1.165) is 50.4 Å². The molecule has 7 nitrogen and oxygen atoms in total. The van der Waals surface area contributed by atoms with Gasteiger partial charge in [-0.1, -0.05) is 0 Å². The number of carbonyl (C=O) groups is 1. The van der Waals surface area contributed by atoms with Crippen LogP contribution in [0.1, 0.15) is 21.7 Å². The molecule has 0 atom stereocenters. The molecule has 1 saturated heterocycles. The van der Waals surface area contributed by atoms with Gasteiger partial charge in [0.15, 0.2) is 5.69 Å². The number of nitrogens with one attached hydrogen (secondary N) is 1. The van der Waals surface area contributed by atoms with Crippen LogP contribution in [0.25, 0.3) is 0 Å². The number of hydrogen-bond acceptors (Lipinski definition) is 7. The first-order valence-corrected chi connectivity index (χ1v) is 7.31. The number of rotatable bonds is 2. The molecule has 2 aliphatic rings. The van der Waals surface area contributed by atoms with E-state index in [2.05, 4.69) is 32.1 Å². The van der Waals surface area contributed by atoms with Gasteiger partial charge in [-0.15, -0.1) is 0 Å².